The molecule has 0 aromatic heterocycles. The second kappa shape index (κ2) is 4.96. The molecular weight excluding hydrogens is 214 g/mol. The largest absolute Gasteiger partial charge is 0.496 e. The van der Waals surface area contributed by atoms with Gasteiger partial charge in [0.15, 0.2) is 0 Å². The molecule has 0 unspecified atom stereocenters. The summed E-state index contributed by atoms with van der Waals surface area (Å²) in [4.78, 5) is 0. The zero-order valence-electron chi connectivity index (χ0n) is 11.6. The van der Waals surface area contributed by atoms with E-state index in [2.05, 4.69) is 25.2 Å². The molecule has 0 radical (unpaired) electrons. The van der Waals surface area contributed by atoms with E-state index in [1.165, 1.54) is 0 Å². The minimum absolute atomic E-state index is 0.0938. The zero-order chi connectivity index (χ0) is 13.2. The lowest BCUT2D eigenvalue weighted by molar-refractivity contribution is 0.234. The van der Waals surface area contributed by atoms with Crippen LogP contribution in [0.25, 0.3) is 0 Å². The summed E-state index contributed by atoms with van der Waals surface area (Å²) < 4.78 is 5.39. The number of benzene rings is 1. The van der Waals surface area contributed by atoms with E-state index in [4.69, 9.17) is 4.74 Å². The summed E-state index contributed by atoms with van der Waals surface area (Å²) in [6, 6.07) is 2.07. The fourth-order valence-electron chi connectivity index (χ4n) is 1.91. The molecule has 0 aliphatic heterocycles. The molecule has 0 saturated carbocycles. The third-order valence-electron chi connectivity index (χ3n) is 3.10. The van der Waals surface area contributed by atoms with Crippen molar-refractivity contribution in [2.75, 3.05) is 19.0 Å². The van der Waals surface area contributed by atoms with Gasteiger partial charge in [0.1, 0.15) is 5.75 Å². The van der Waals surface area contributed by atoms with Crippen molar-refractivity contribution in [2.24, 2.45) is 0 Å². The van der Waals surface area contributed by atoms with Crippen LogP contribution in [0, 0.1) is 20.8 Å². The van der Waals surface area contributed by atoms with Crippen LogP contribution in [0.2, 0.25) is 0 Å². The summed E-state index contributed by atoms with van der Waals surface area (Å²) >= 11 is 0. The van der Waals surface area contributed by atoms with Gasteiger partial charge in [-0.3, -0.25) is 0 Å². The number of hydrogen-bond donors (Lipinski definition) is 2. The van der Waals surface area contributed by atoms with Gasteiger partial charge >= 0.3 is 0 Å². The van der Waals surface area contributed by atoms with E-state index in [1.54, 1.807) is 7.11 Å². The Hall–Kier alpha value is -1.22. The van der Waals surface area contributed by atoms with E-state index in [9.17, 15) is 5.11 Å². The lowest BCUT2D eigenvalue weighted by Crippen LogP contribution is -2.35. The Bertz CT molecular complexity index is 411. The van der Waals surface area contributed by atoms with Crippen LogP contribution >= 0.6 is 0 Å². The minimum Gasteiger partial charge on any atom is -0.496 e. The summed E-state index contributed by atoms with van der Waals surface area (Å²) in [5.41, 5.74) is 4.14. The van der Waals surface area contributed by atoms with Crippen LogP contribution in [0.3, 0.4) is 0 Å². The molecule has 0 bridgehead atoms. The first-order valence-corrected chi connectivity index (χ1v) is 5.86. The van der Waals surface area contributed by atoms with E-state index >= 15 is 0 Å². The van der Waals surface area contributed by atoms with Crippen molar-refractivity contribution in [3.63, 3.8) is 0 Å². The van der Waals surface area contributed by atoms with Crippen LogP contribution in [-0.2, 0) is 0 Å². The smallest absolute Gasteiger partial charge is 0.125 e. The van der Waals surface area contributed by atoms with Crippen molar-refractivity contribution in [1.29, 1.82) is 0 Å². The number of aliphatic hydroxyl groups excluding tert-OH is 1. The fourth-order valence-corrected chi connectivity index (χ4v) is 1.91. The molecule has 0 aliphatic carbocycles. The molecule has 3 nitrogen and oxygen atoms in total. The second-order valence-electron chi connectivity index (χ2n) is 5.19. The van der Waals surface area contributed by atoms with Crippen molar-refractivity contribution in [3.05, 3.63) is 22.8 Å². The van der Waals surface area contributed by atoms with E-state index < -0.39 is 0 Å². The Labute approximate surface area is 104 Å². The molecule has 3 heteroatoms. The molecule has 0 aliphatic rings. The molecular formula is C14H23NO2. The lowest BCUT2D eigenvalue weighted by atomic mass is 10.00. The number of methoxy groups -OCH3 is 1. The summed E-state index contributed by atoms with van der Waals surface area (Å²) in [5.74, 6) is 0.940. The predicted molar refractivity (Wildman–Crippen MR) is 72.0 cm³/mol. The van der Waals surface area contributed by atoms with Crippen molar-refractivity contribution in [1.82, 2.24) is 0 Å². The average molecular weight is 237 g/mol. The Balaban J connectivity index is 3.19. The number of hydrogen-bond acceptors (Lipinski definition) is 3. The van der Waals surface area contributed by atoms with Gasteiger partial charge in [-0.1, -0.05) is 0 Å². The number of aliphatic hydroxyl groups is 1. The normalized spacial score (nSPS) is 11.5. The number of ether oxygens (including phenoxy) is 1. The van der Waals surface area contributed by atoms with Crippen LogP contribution in [0.15, 0.2) is 6.07 Å². The van der Waals surface area contributed by atoms with E-state index in [0.717, 1.165) is 28.1 Å². The Morgan fingerprint density at radius 2 is 1.82 bits per heavy atom. The summed E-state index contributed by atoms with van der Waals surface area (Å²) in [7, 11) is 1.69. The molecule has 0 atom stereocenters. The SMILES string of the molecule is COc1c(C)cc(NC(C)(C)CO)c(C)c1C. The average Bonchev–Trinajstić information content (AvgIpc) is 2.26. The first kappa shape index (κ1) is 13.8. The molecule has 0 saturated heterocycles. The van der Waals surface area contributed by atoms with Gasteiger partial charge in [0.25, 0.3) is 0 Å². The van der Waals surface area contributed by atoms with Gasteiger partial charge in [0, 0.05) is 5.69 Å². The molecule has 17 heavy (non-hydrogen) atoms. The van der Waals surface area contributed by atoms with Crippen LogP contribution in [-0.4, -0.2) is 24.4 Å². The highest BCUT2D eigenvalue weighted by atomic mass is 16.5. The molecule has 0 amide bonds. The minimum atomic E-state index is -0.321. The topological polar surface area (TPSA) is 41.5 Å². The quantitative estimate of drug-likeness (QED) is 0.846. The lowest BCUT2D eigenvalue weighted by Gasteiger charge is -2.27. The summed E-state index contributed by atoms with van der Waals surface area (Å²) in [6.07, 6.45) is 0. The third kappa shape index (κ3) is 2.91. The molecule has 1 rings (SSSR count). The number of nitrogens with one attached hydrogen (secondary N) is 1. The Kier molecular flexibility index (Phi) is 4.04. The molecule has 1 aromatic rings. The van der Waals surface area contributed by atoms with E-state index in [0.29, 0.717) is 0 Å². The van der Waals surface area contributed by atoms with Crippen LogP contribution in [0.5, 0.6) is 5.75 Å². The predicted octanol–water partition coefficient (Wildman–Crippen LogP) is 2.80. The fraction of sp³-hybridized carbons (Fsp3) is 0.571. The molecule has 0 fully saturated rings. The first-order valence-electron chi connectivity index (χ1n) is 5.86. The van der Waals surface area contributed by atoms with Gasteiger partial charge in [0.2, 0.25) is 0 Å². The highest BCUT2D eigenvalue weighted by Gasteiger charge is 2.18. The van der Waals surface area contributed by atoms with Gasteiger partial charge in [0.05, 0.1) is 19.3 Å². The number of anilines is 1. The number of rotatable bonds is 4. The van der Waals surface area contributed by atoms with Crippen molar-refractivity contribution in [2.45, 2.75) is 40.2 Å². The van der Waals surface area contributed by atoms with Gasteiger partial charge in [-0.25, -0.2) is 0 Å². The number of aryl methyl sites for hydroxylation is 1. The van der Waals surface area contributed by atoms with Crippen LogP contribution < -0.4 is 10.1 Å². The van der Waals surface area contributed by atoms with Gasteiger partial charge in [-0.05, 0) is 57.4 Å². The third-order valence-corrected chi connectivity index (χ3v) is 3.10. The molecule has 0 spiro atoms. The van der Waals surface area contributed by atoms with Crippen molar-refractivity contribution in [3.8, 4) is 5.75 Å². The standard InChI is InChI=1S/C14H23NO2/c1-9-7-12(15-14(4,5)8-16)10(2)11(3)13(9)17-6/h7,15-16H,8H2,1-6H3. The monoisotopic (exact) mass is 237 g/mol. The maximum Gasteiger partial charge on any atom is 0.125 e. The Morgan fingerprint density at radius 1 is 1.24 bits per heavy atom. The molecule has 0 heterocycles. The zero-order valence-corrected chi connectivity index (χ0v) is 11.6. The molecule has 1 aromatic carbocycles. The first-order chi connectivity index (χ1) is 7.82. The Morgan fingerprint density at radius 3 is 2.29 bits per heavy atom. The maximum absolute atomic E-state index is 9.30. The summed E-state index contributed by atoms with van der Waals surface area (Å²) in [6.45, 7) is 10.2. The summed E-state index contributed by atoms with van der Waals surface area (Å²) in [5, 5.41) is 12.7. The van der Waals surface area contributed by atoms with Crippen molar-refractivity contribution < 1.29 is 9.84 Å². The van der Waals surface area contributed by atoms with E-state index in [1.807, 2.05) is 20.8 Å². The van der Waals surface area contributed by atoms with Crippen LogP contribution in [0.4, 0.5) is 5.69 Å². The molecule has 2 N–H and O–H groups in total. The van der Waals surface area contributed by atoms with Crippen molar-refractivity contribution >= 4 is 5.69 Å². The van der Waals surface area contributed by atoms with E-state index in [-0.39, 0.29) is 12.1 Å². The second-order valence-corrected chi connectivity index (χ2v) is 5.19. The highest BCUT2D eigenvalue weighted by molar-refractivity contribution is 5.62. The van der Waals surface area contributed by atoms with Gasteiger partial charge < -0.3 is 15.2 Å². The highest BCUT2D eigenvalue weighted by Crippen LogP contribution is 2.32. The van der Waals surface area contributed by atoms with Gasteiger partial charge in [-0.2, -0.15) is 0 Å². The molecule has 96 valence electrons. The maximum atomic E-state index is 9.30. The van der Waals surface area contributed by atoms with Gasteiger partial charge in [-0.15, -0.1) is 0 Å². The van der Waals surface area contributed by atoms with Crippen LogP contribution in [0.1, 0.15) is 30.5 Å².